The maximum atomic E-state index is 12.6. The van der Waals surface area contributed by atoms with E-state index in [0.29, 0.717) is 33.4 Å². The zero-order chi connectivity index (χ0) is 16.7. The summed E-state index contributed by atoms with van der Waals surface area (Å²) < 4.78 is 11.9. The highest BCUT2D eigenvalue weighted by Crippen LogP contribution is 2.27. The van der Waals surface area contributed by atoms with Gasteiger partial charge in [0.05, 0.1) is 16.5 Å². The van der Waals surface area contributed by atoms with Gasteiger partial charge in [0.2, 0.25) is 0 Å². The lowest BCUT2D eigenvalue weighted by Gasteiger charge is -2.18. The number of carbonyl (C=O) groups excluding carboxylic acids is 1. The molecule has 5 heteroatoms. The summed E-state index contributed by atoms with van der Waals surface area (Å²) in [5.41, 5.74) is 1.57. The van der Waals surface area contributed by atoms with Gasteiger partial charge in [0.1, 0.15) is 24.2 Å². The first-order valence-electron chi connectivity index (χ1n) is 7.31. The lowest BCUT2D eigenvalue weighted by molar-refractivity contribution is 0.100. The lowest BCUT2D eigenvalue weighted by atomic mass is 9.98. The highest BCUT2D eigenvalue weighted by molar-refractivity contribution is 9.10. The molecule has 1 aliphatic rings. The predicted molar refractivity (Wildman–Crippen MR) is 94.4 cm³/mol. The number of hydrogen-bond acceptors (Lipinski definition) is 4. The van der Waals surface area contributed by atoms with Crippen LogP contribution in [0, 0.1) is 0 Å². The highest BCUT2D eigenvalue weighted by Gasteiger charge is 2.23. The zero-order valence-corrected chi connectivity index (χ0v) is 14.0. The van der Waals surface area contributed by atoms with E-state index in [0.717, 1.165) is 4.47 Å². The normalized spacial score (nSPS) is 15.4. The first-order chi connectivity index (χ1) is 11.6. The minimum atomic E-state index is -0.184. The Morgan fingerprint density at radius 3 is 2.79 bits per heavy atom. The van der Waals surface area contributed by atoms with Gasteiger partial charge in [-0.2, -0.15) is 0 Å². The van der Waals surface area contributed by atoms with Crippen molar-refractivity contribution < 1.29 is 13.9 Å². The summed E-state index contributed by atoms with van der Waals surface area (Å²) in [5.74, 6) is 0.430. The van der Waals surface area contributed by atoms with Crippen molar-refractivity contribution in [2.75, 3.05) is 6.61 Å². The van der Waals surface area contributed by atoms with Crippen LogP contribution >= 0.6 is 15.9 Å². The van der Waals surface area contributed by atoms with Crippen LogP contribution in [-0.4, -0.2) is 12.4 Å². The second kappa shape index (κ2) is 5.76. The summed E-state index contributed by atoms with van der Waals surface area (Å²) in [5, 5.41) is 0.461. The fourth-order valence-electron chi connectivity index (χ4n) is 2.69. The molecule has 1 aromatic heterocycles. The summed E-state index contributed by atoms with van der Waals surface area (Å²) in [6, 6.07) is 12.3. The van der Waals surface area contributed by atoms with Crippen molar-refractivity contribution >= 4 is 38.8 Å². The predicted octanol–water partition coefficient (Wildman–Crippen LogP) is 4.21. The fourth-order valence-corrected chi connectivity index (χ4v) is 3.05. The van der Waals surface area contributed by atoms with Crippen molar-refractivity contribution in [2.24, 2.45) is 0 Å². The summed E-state index contributed by atoms with van der Waals surface area (Å²) in [6.45, 7) is 0.131. The van der Waals surface area contributed by atoms with E-state index in [2.05, 4.69) is 15.9 Å². The monoisotopic (exact) mass is 382 g/mol. The third-order valence-electron chi connectivity index (χ3n) is 3.90. The maximum absolute atomic E-state index is 12.6. The molecule has 2 heterocycles. The Kier molecular flexibility index (Phi) is 3.58. The van der Waals surface area contributed by atoms with Gasteiger partial charge in [-0.1, -0.05) is 28.1 Å². The molecular formula is C19H11BrO4. The molecule has 0 radical (unpaired) electrons. The van der Waals surface area contributed by atoms with E-state index >= 15 is 0 Å². The number of carbonyl (C=O) groups is 1. The van der Waals surface area contributed by atoms with Crippen LogP contribution in [0.4, 0.5) is 0 Å². The van der Waals surface area contributed by atoms with Crippen LogP contribution in [0.3, 0.4) is 0 Å². The number of fused-ring (bicyclic) bond motifs is 2. The Labute approximate surface area is 145 Å². The standard InChI is InChI=1S/C19H11BrO4/c20-13-5-6-17-15(8-13)19(22)12(10-24-17)7-11-9-23-16-4-2-1-3-14(16)18(11)21/h1-8,10H,9H2/b11-7+. The molecule has 0 fully saturated rings. The topological polar surface area (TPSA) is 56.5 Å². The van der Waals surface area contributed by atoms with Crippen LogP contribution in [-0.2, 0) is 0 Å². The second-order valence-corrected chi connectivity index (χ2v) is 6.36. The van der Waals surface area contributed by atoms with E-state index in [4.69, 9.17) is 9.15 Å². The second-order valence-electron chi connectivity index (χ2n) is 5.44. The molecule has 0 amide bonds. The molecule has 0 atom stereocenters. The van der Waals surface area contributed by atoms with Crippen molar-refractivity contribution in [3.63, 3.8) is 0 Å². The summed E-state index contributed by atoms with van der Waals surface area (Å²) in [6.07, 6.45) is 2.92. The van der Waals surface area contributed by atoms with Crippen molar-refractivity contribution in [2.45, 2.75) is 0 Å². The molecule has 4 rings (SSSR count). The Morgan fingerprint density at radius 2 is 1.92 bits per heavy atom. The number of benzene rings is 2. The Balaban J connectivity index is 1.82. The maximum Gasteiger partial charge on any atom is 0.199 e. The molecule has 3 aromatic rings. The van der Waals surface area contributed by atoms with E-state index in [1.807, 2.05) is 6.07 Å². The third kappa shape index (κ3) is 2.47. The summed E-state index contributed by atoms with van der Waals surface area (Å²) in [7, 11) is 0. The van der Waals surface area contributed by atoms with Gasteiger partial charge in [0, 0.05) is 10.0 Å². The molecule has 0 spiro atoms. The number of ether oxygens (including phenoxy) is 1. The van der Waals surface area contributed by atoms with Gasteiger partial charge in [0.15, 0.2) is 11.2 Å². The summed E-state index contributed by atoms with van der Waals surface area (Å²) in [4.78, 5) is 25.2. The quantitative estimate of drug-likeness (QED) is 0.591. The van der Waals surface area contributed by atoms with Crippen molar-refractivity contribution in [1.29, 1.82) is 0 Å². The average molecular weight is 383 g/mol. The fraction of sp³-hybridized carbons (Fsp3) is 0.0526. The van der Waals surface area contributed by atoms with Gasteiger partial charge in [0.25, 0.3) is 0 Å². The molecule has 4 nitrogen and oxygen atoms in total. The Morgan fingerprint density at radius 1 is 1.08 bits per heavy atom. The van der Waals surface area contributed by atoms with Gasteiger partial charge in [-0.3, -0.25) is 9.59 Å². The Bertz CT molecular complexity index is 1060. The molecular weight excluding hydrogens is 372 g/mol. The van der Waals surface area contributed by atoms with Crippen LogP contribution in [0.1, 0.15) is 15.9 Å². The number of halogens is 1. The Hall–Kier alpha value is -2.66. The van der Waals surface area contributed by atoms with Crippen LogP contribution in [0.15, 0.2) is 68.0 Å². The first-order valence-corrected chi connectivity index (χ1v) is 8.11. The minimum absolute atomic E-state index is 0.131. The van der Waals surface area contributed by atoms with Gasteiger partial charge >= 0.3 is 0 Å². The van der Waals surface area contributed by atoms with Gasteiger partial charge < -0.3 is 9.15 Å². The molecule has 0 saturated carbocycles. The van der Waals surface area contributed by atoms with Crippen molar-refractivity contribution in [3.8, 4) is 5.75 Å². The largest absolute Gasteiger partial charge is 0.488 e. The molecule has 0 saturated heterocycles. The minimum Gasteiger partial charge on any atom is -0.488 e. The molecule has 0 aliphatic carbocycles. The molecule has 0 unspecified atom stereocenters. The van der Waals surface area contributed by atoms with Crippen molar-refractivity contribution in [3.05, 3.63) is 80.1 Å². The molecule has 0 N–H and O–H groups in total. The smallest absolute Gasteiger partial charge is 0.199 e. The molecule has 2 aromatic carbocycles. The van der Waals surface area contributed by atoms with Crippen LogP contribution in [0.2, 0.25) is 0 Å². The molecule has 24 heavy (non-hydrogen) atoms. The number of para-hydroxylation sites is 1. The molecule has 1 aliphatic heterocycles. The molecule has 118 valence electrons. The summed E-state index contributed by atoms with van der Waals surface area (Å²) >= 11 is 3.35. The third-order valence-corrected chi connectivity index (χ3v) is 4.39. The van der Waals surface area contributed by atoms with Crippen LogP contribution in [0.5, 0.6) is 5.75 Å². The SMILES string of the molecule is O=C1/C(=C/c2coc3ccc(Br)cc3c2=O)COc2ccccc21. The van der Waals surface area contributed by atoms with Gasteiger partial charge in [-0.15, -0.1) is 0 Å². The zero-order valence-electron chi connectivity index (χ0n) is 12.4. The highest BCUT2D eigenvalue weighted by atomic mass is 79.9. The van der Waals surface area contributed by atoms with Crippen LogP contribution < -0.4 is 10.2 Å². The number of rotatable bonds is 1. The van der Waals surface area contributed by atoms with E-state index in [-0.39, 0.29) is 17.8 Å². The van der Waals surface area contributed by atoms with E-state index in [1.165, 1.54) is 6.26 Å². The van der Waals surface area contributed by atoms with Crippen molar-refractivity contribution in [1.82, 2.24) is 0 Å². The average Bonchev–Trinajstić information content (AvgIpc) is 2.60. The van der Waals surface area contributed by atoms with E-state index < -0.39 is 0 Å². The van der Waals surface area contributed by atoms with Gasteiger partial charge in [-0.05, 0) is 36.4 Å². The van der Waals surface area contributed by atoms with Crippen LogP contribution in [0.25, 0.3) is 17.0 Å². The van der Waals surface area contributed by atoms with Gasteiger partial charge in [-0.25, -0.2) is 0 Å². The number of ketones is 1. The number of Topliss-reactive ketones (excluding diaryl/α,β-unsaturated/α-hetero) is 1. The van der Waals surface area contributed by atoms with E-state index in [9.17, 15) is 9.59 Å². The van der Waals surface area contributed by atoms with E-state index in [1.54, 1.807) is 42.5 Å². The molecule has 0 bridgehead atoms. The lowest BCUT2D eigenvalue weighted by Crippen LogP contribution is -2.19. The number of hydrogen-bond donors (Lipinski definition) is 0. The first kappa shape index (κ1) is 14.9.